The number of anilines is 2. The SMILES string of the molecule is C[C@H](Nc1ccc(C(=O)NCCc2ccc(N3CC4CCC(C3)N4)cc2)cn1)c1ccc(C(F)F)cc1. The lowest BCUT2D eigenvalue weighted by Gasteiger charge is -2.34. The first-order valence-electron chi connectivity index (χ1n) is 12.9. The molecule has 2 bridgehead atoms. The predicted molar refractivity (Wildman–Crippen MR) is 142 cm³/mol. The molecule has 0 radical (unpaired) electrons. The average Bonchev–Trinajstić information content (AvgIpc) is 3.26. The van der Waals surface area contributed by atoms with Crippen LogP contribution >= 0.6 is 0 Å². The second-order valence-corrected chi connectivity index (χ2v) is 9.98. The van der Waals surface area contributed by atoms with Gasteiger partial charge in [0.05, 0.1) is 5.56 Å². The second-order valence-electron chi connectivity index (χ2n) is 9.98. The zero-order chi connectivity index (χ0) is 25.8. The number of aromatic nitrogens is 1. The molecule has 0 spiro atoms. The van der Waals surface area contributed by atoms with Crippen LogP contribution in [0.4, 0.5) is 20.3 Å². The highest BCUT2D eigenvalue weighted by atomic mass is 19.3. The van der Waals surface area contributed by atoms with E-state index in [4.69, 9.17) is 0 Å². The van der Waals surface area contributed by atoms with Crippen LogP contribution in [0.1, 0.15) is 59.3 Å². The van der Waals surface area contributed by atoms with Crippen LogP contribution in [-0.4, -0.2) is 42.6 Å². The Hall–Kier alpha value is -3.52. The van der Waals surface area contributed by atoms with E-state index in [-0.39, 0.29) is 17.5 Å². The molecule has 1 aromatic heterocycles. The van der Waals surface area contributed by atoms with Crippen LogP contribution < -0.4 is 20.9 Å². The molecule has 0 saturated carbocycles. The number of carbonyl (C=O) groups excluding carboxylic acids is 1. The van der Waals surface area contributed by atoms with Crippen LogP contribution in [0.25, 0.3) is 0 Å². The Balaban J connectivity index is 1.07. The van der Waals surface area contributed by atoms with Gasteiger partial charge in [-0.15, -0.1) is 0 Å². The van der Waals surface area contributed by atoms with Crippen LogP contribution in [0.2, 0.25) is 0 Å². The van der Waals surface area contributed by atoms with Crippen molar-refractivity contribution in [1.82, 2.24) is 15.6 Å². The minimum absolute atomic E-state index is 0.00300. The second kappa shape index (κ2) is 11.3. The van der Waals surface area contributed by atoms with Crippen molar-refractivity contribution >= 4 is 17.4 Å². The molecule has 2 unspecified atom stereocenters. The molecule has 1 amide bonds. The van der Waals surface area contributed by atoms with Gasteiger partial charge in [0.15, 0.2) is 0 Å². The molecular weight excluding hydrogens is 472 g/mol. The van der Waals surface area contributed by atoms with Crippen molar-refractivity contribution in [3.63, 3.8) is 0 Å². The Labute approximate surface area is 216 Å². The van der Waals surface area contributed by atoms with Gasteiger partial charge < -0.3 is 20.9 Å². The van der Waals surface area contributed by atoms with E-state index in [1.165, 1.54) is 36.2 Å². The third-order valence-electron chi connectivity index (χ3n) is 7.30. The number of carbonyl (C=O) groups is 1. The van der Waals surface area contributed by atoms with Crippen LogP contribution in [0.5, 0.6) is 0 Å². The summed E-state index contributed by atoms with van der Waals surface area (Å²) in [5.41, 5.74) is 3.83. The van der Waals surface area contributed by atoms with Crippen molar-refractivity contribution in [2.75, 3.05) is 29.9 Å². The van der Waals surface area contributed by atoms with E-state index in [1.54, 1.807) is 30.5 Å². The van der Waals surface area contributed by atoms with Crippen molar-refractivity contribution in [3.8, 4) is 0 Å². The third-order valence-corrected chi connectivity index (χ3v) is 7.30. The quantitative estimate of drug-likeness (QED) is 0.377. The standard InChI is InChI=1S/C29H33F2N5O/c1-19(21-4-6-22(7-5-21)28(30)31)34-27-13-8-23(16-33-27)29(37)32-15-14-20-2-11-26(12-3-20)36-17-24-9-10-25(18-36)35-24/h2-8,11-13,16,19,24-25,28,35H,9-10,14-15,17-18H2,1H3,(H,32,37)(H,33,34)/t19-,24?,25?/m0/s1. The number of hydrogen-bond acceptors (Lipinski definition) is 5. The zero-order valence-electron chi connectivity index (χ0n) is 21.0. The van der Waals surface area contributed by atoms with Crippen LogP contribution in [0.15, 0.2) is 66.9 Å². The number of pyridine rings is 1. The summed E-state index contributed by atoms with van der Waals surface area (Å²) in [6.45, 7) is 4.62. The molecule has 3 aromatic rings. The van der Waals surface area contributed by atoms with Gasteiger partial charge in [-0.1, -0.05) is 36.4 Å². The van der Waals surface area contributed by atoms with Crippen molar-refractivity contribution < 1.29 is 13.6 Å². The lowest BCUT2D eigenvalue weighted by atomic mass is 10.1. The van der Waals surface area contributed by atoms with E-state index in [0.29, 0.717) is 30.0 Å². The summed E-state index contributed by atoms with van der Waals surface area (Å²) in [5.74, 6) is 0.446. The molecule has 3 heterocycles. The van der Waals surface area contributed by atoms with E-state index in [1.807, 2.05) is 6.92 Å². The normalized spacial score (nSPS) is 19.6. The molecule has 0 aliphatic carbocycles. The summed E-state index contributed by atoms with van der Waals surface area (Å²) in [6, 6.07) is 19.5. The molecule has 5 rings (SSSR count). The molecule has 194 valence electrons. The number of rotatable bonds is 9. The van der Waals surface area contributed by atoms with Gasteiger partial charge in [-0.05, 0) is 61.6 Å². The first kappa shape index (κ1) is 25.1. The van der Waals surface area contributed by atoms with Crippen LogP contribution in [0.3, 0.4) is 0 Å². The number of hydrogen-bond donors (Lipinski definition) is 3. The molecule has 2 fully saturated rings. The highest BCUT2D eigenvalue weighted by Crippen LogP contribution is 2.26. The van der Waals surface area contributed by atoms with Crippen molar-refractivity contribution in [1.29, 1.82) is 0 Å². The zero-order valence-corrected chi connectivity index (χ0v) is 21.0. The van der Waals surface area contributed by atoms with E-state index >= 15 is 0 Å². The fraction of sp³-hybridized carbons (Fsp3) is 0.379. The van der Waals surface area contributed by atoms with E-state index in [0.717, 1.165) is 25.1 Å². The molecule has 2 aliphatic heterocycles. The van der Waals surface area contributed by atoms with Gasteiger partial charge in [0, 0.05) is 55.2 Å². The van der Waals surface area contributed by atoms with E-state index < -0.39 is 6.43 Å². The Morgan fingerprint density at radius 2 is 1.68 bits per heavy atom. The van der Waals surface area contributed by atoms with Gasteiger partial charge in [0.25, 0.3) is 12.3 Å². The van der Waals surface area contributed by atoms with Crippen LogP contribution in [-0.2, 0) is 6.42 Å². The topological polar surface area (TPSA) is 69.3 Å². The highest BCUT2D eigenvalue weighted by Gasteiger charge is 2.32. The number of piperazine rings is 1. The fourth-order valence-electron chi connectivity index (χ4n) is 5.15. The predicted octanol–water partition coefficient (Wildman–Crippen LogP) is 5.11. The number of benzene rings is 2. The number of alkyl halides is 2. The Morgan fingerprint density at radius 1 is 1.00 bits per heavy atom. The highest BCUT2D eigenvalue weighted by molar-refractivity contribution is 5.94. The van der Waals surface area contributed by atoms with Gasteiger partial charge in [0.1, 0.15) is 5.82 Å². The number of fused-ring (bicyclic) bond motifs is 2. The summed E-state index contributed by atoms with van der Waals surface area (Å²) in [7, 11) is 0. The van der Waals surface area contributed by atoms with Gasteiger partial charge in [0.2, 0.25) is 0 Å². The fourth-order valence-corrected chi connectivity index (χ4v) is 5.15. The minimum Gasteiger partial charge on any atom is -0.368 e. The first-order valence-corrected chi connectivity index (χ1v) is 12.9. The summed E-state index contributed by atoms with van der Waals surface area (Å²) in [6.07, 6.45) is 2.36. The monoisotopic (exact) mass is 505 g/mol. The largest absolute Gasteiger partial charge is 0.368 e. The number of nitrogens with zero attached hydrogens (tertiary/aromatic N) is 2. The van der Waals surface area contributed by atoms with E-state index in [2.05, 4.69) is 50.1 Å². The first-order chi connectivity index (χ1) is 17.9. The third kappa shape index (κ3) is 6.25. The number of halogens is 2. The molecular formula is C29H33F2N5O. The molecule has 3 N–H and O–H groups in total. The summed E-state index contributed by atoms with van der Waals surface area (Å²) < 4.78 is 25.5. The van der Waals surface area contributed by atoms with Gasteiger partial charge in [-0.3, -0.25) is 4.79 Å². The maximum atomic E-state index is 12.8. The Bertz CT molecular complexity index is 1170. The molecule has 2 aromatic carbocycles. The summed E-state index contributed by atoms with van der Waals surface area (Å²) >= 11 is 0. The molecule has 6 nitrogen and oxygen atoms in total. The lowest BCUT2D eigenvalue weighted by molar-refractivity contribution is 0.0953. The van der Waals surface area contributed by atoms with Crippen LogP contribution in [0, 0.1) is 0 Å². The Kier molecular flexibility index (Phi) is 7.65. The maximum Gasteiger partial charge on any atom is 0.263 e. The van der Waals surface area contributed by atoms with Gasteiger partial charge in [-0.25, -0.2) is 13.8 Å². The minimum atomic E-state index is -2.48. The van der Waals surface area contributed by atoms with E-state index in [9.17, 15) is 13.6 Å². The molecule has 2 aliphatic rings. The summed E-state index contributed by atoms with van der Waals surface area (Å²) in [5, 5.41) is 9.87. The molecule has 2 saturated heterocycles. The summed E-state index contributed by atoms with van der Waals surface area (Å²) in [4.78, 5) is 19.4. The average molecular weight is 506 g/mol. The Morgan fingerprint density at radius 3 is 2.30 bits per heavy atom. The lowest BCUT2D eigenvalue weighted by Crippen LogP contribution is -2.51. The molecule has 8 heteroatoms. The molecule has 37 heavy (non-hydrogen) atoms. The van der Waals surface area contributed by atoms with Gasteiger partial charge in [-0.2, -0.15) is 0 Å². The number of amides is 1. The van der Waals surface area contributed by atoms with Gasteiger partial charge >= 0.3 is 0 Å². The maximum absolute atomic E-state index is 12.8. The molecule has 3 atom stereocenters. The van der Waals surface area contributed by atoms with Crippen molar-refractivity contribution in [3.05, 3.63) is 89.1 Å². The smallest absolute Gasteiger partial charge is 0.263 e. The van der Waals surface area contributed by atoms with Crippen molar-refractivity contribution in [2.24, 2.45) is 0 Å². The number of nitrogens with one attached hydrogen (secondary N) is 3. The van der Waals surface area contributed by atoms with Crippen molar-refractivity contribution in [2.45, 2.75) is 50.7 Å².